The molecule has 1 rings (SSSR count). The maximum absolute atomic E-state index is 12.0. The number of nitrogens with zero attached hydrogens (tertiary/aromatic N) is 2. The Bertz CT molecular complexity index is 212. The Morgan fingerprint density at radius 1 is 1.18 bits per heavy atom. The molecule has 62 valence electrons. The lowest BCUT2D eigenvalue weighted by Gasteiger charge is -1.93. The molecule has 1 aromatic heterocycles. The summed E-state index contributed by atoms with van der Waals surface area (Å²) in [6.45, 7) is 3.80. The van der Waals surface area contributed by atoms with Crippen LogP contribution in [-0.4, -0.2) is 10.2 Å². The van der Waals surface area contributed by atoms with E-state index in [-0.39, 0.29) is 10.9 Å². The van der Waals surface area contributed by atoms with Crippen molar-refractivity contribution in [2.45, 2.75) is 26.2 Å². The van der Waals surface area contributed by atoms with E-state index in [2.05, 4.69) is 10.2 Å². The van der Waals surface area contributed by atoms with Crippen LogP contribution in [0.2, 0.25) is 0 Å². The van der Waals surface area contributed by atoms with Crippen LogP contribution in [0.3, 0.4) is 0 Å². The standard InChI is InChI=1S/C6H8F2N2S/c1-3(2)5-9-10-6(11-5)4(7)8/h3-4H,1-2H3. The molecule has 0 N–H and O–H groups in total. The van der Waals surface area contributed by atoms with E-state index in [0.717, 1.165) is 11.3 Å². The fourth-order valence-electron chi connectivity index (χ4n) is 0.568. The van der Waals surface area contributed by atoms with Crippen molar-refractivity contribution in [1.29, 1.82) is 0 Å². The summed E-state index contributed by atoms with van der Waals surface area (Å²) in [5.41, 5.74) is 0. The predicted molar refractivity (Wildman–Crippen MR) is 39.0 cm³/mol. The van der Waals surface area contributed by atoms with Crippen molar-refractivity contribution in [2.75, 3.05) is 0 Å². The van der Waals surface area contributed by atoms with Gasteiger partial charge in [0.05, 0.1) is 0 Å². The van der Waals surface area contributed by atoms with Crippen LogP contribution in [-0.2, 0) is 0 Å². The molecule has 0 atom stereocenters. The Morgan fingerprint density at radius 3 is 2.00 bits per heavy atom. The summed E-state index contributed by atoms with van der Waals surface area (Å²) in [5.74, 6) is 0.181. The molecule has 0 amide bonds. The van der Waals surface area contributed by atoms with E-state index in [9.17, 15) is 8.78 Å². The van der Waals surface area contributed by atoms with Gasteiger partial charge in [-0.2, -0.15) is 0 Å². The summed E-state index contributed by atoms with van der Waals surface area (Å²) >= 11 is 0.977. The maximum atomic E-state index is 12.0. The van der Waals surface area contributed by atoms with Gasteiger partial charge in [-0.25, -0.2) is 8.78 Å². The van der Waals surface area contributed by atoms with Gasteiger partial charge in [-0.05, 0) is 0 Å². The van der Waals surface area contributed by atoms with E-state index >= 15 is 0 Å². The van der Waals surface area contributed by atoms with Crippen LogP contribution in [0.5, 0.6) is 0 Å². The number of rotatable bonds is 2. The predicted octanol–water partition coefficient (Wildman–Crippen LogP) is 2.60. The molecule has 0 radical (unpaired) electrons. The number of hydrogen-bond acceptors (Lipinski definition) is 3. The average Bonchev–Trinajstić information content (AvgIpc) is 2.33. The van der Waals surface area contributed by atoms with Gasteiger partial charge < -0.3 is 0 Å². The Balaban J connectivity index is 2.82. The minimum absolute atomic E-state index is 0.181. The third-order valence-electron chi connectivity index (χ3n) is 1.14. The Hall–Kier alpha value is -0.580. The highest BCUT2D eigenvalue weighted by Gasteiger charge is 2.14. The van der Waals surface area contributed by atoms with E-state index < -0.39 is 6.43 Å². The lowest BCUT2D eigenvalue weighted by molar-refractivity contribution is 0.150. The lowest BCUT2D eigenvalue weighted by atomic mass is 10.2. The van der Waals surface area contributed by atoms with E-state index in [1.165, 1.54) is 0 Å². The summed E-state index contributed by atoms with van der Waals surface area (Å²) in [6.07, 6.45) is -2.49. The quantitative estimate of drug-likeness (QED) is 0.695. The van der Waals surface area contributed by atoms with Gasteiger partial charge in [-0.3, -0.25) is 0 Å². The maximum Gasteiger partial charge on any atom is 0.291 e. The Kier molecular flexibility index (Phi) is 2.49. The monoisotopic (exact) mass is 178 g/mol. The Morgan fingerprint density at radius 2 is 1.73 bits per heavy atom. The van der Waals surface area contributed by atoms with Gasteiger partial charge in [0.1, 0.15) is 5.01 Å². The van der Waals surface area contributed by atoms with Crippen LogP contribution in [0.15, 0.2) is 0 Å². The second-order valence-electron chi connectivity index (χ2n) is 2.43. The van der Waals surface area contributed by atoms with Gasteiger partial charge in [-0.15, -0.1) is 10.2 Å². The topological polar surface area (TPSA) is 25.8 Å². The Labute approximate surface area is 67.3 Å². The summed E-state index contributed by atoms with van der Waals surface area (Å²) in [7, 11) is 0. The second-order valence-corrected chi connectivity index (χ2v) is 3.47. The van der Waals surface area contributed by atoms with Crippen LogP contribution < -0.4 is 0 Å². The molecule has 0 aliphatic carbocycles. The highest BCUT2D eigenvalue weighted by atomic mass is 32.1. The van der Waals surface area contributed by atoms with E-state index in [1.54, 1.807) is 0 Å². The number of alkyl halides is 2. The fourth-order valence-corrected chi connectivity index (χ4v) is 1.27. The van der Waals surface area contributed by atoms with E-state index in [4.69, 9.17) is 0 Å². The first kappa shape index (κ1) is 8.52. The summed E-state index contributed by atoms with van der Waals surface area (Å²) in [4.78, 5) is 0. The molecule has 0 saturated heterocycles. The van der Waals surface area contributed by atoms with Crippen LogP contribution in [0.25, 0.3) is 0 Å². The molecule has 0 unspecified atom stereocenters. The molecule has 0 fully saturated rings. The van der Waals surface area contributed by atoms with Gasteiger partial charge in [0.15, 0.2) is 5.01 Å². The van der Waals surface area contributed by atoms with Crippen molar-refractivity contribution in [2.24, 2.45) is 0 Å². The van der Waals surface area contributed by atoms with Crippen LogP contribution in [0.4, 0.5) is 8.78 Å². The molecular weight excluding hydrogens is 170 g/mol. The largest absolute Gasteiger partial charge is 0.291 e. The van der Waals surface area contributed by atoms with Crippen molar-refractivity contribution < 1.29 is 8.78 Å². The second kappa shape index (κ2) is 3.21. The highest BCUT2D eigenvalue weighted by Crippen LogP contribution is 2.25. The summed E-state index contributed by atoms with van der Waals surface area (Å²) < 4.78 is 23.9. The SMILES string of the molecule is CC(C)c1nnc(C(F)F)s1. The molecule has 0 spiro atoms. The molecule has 0 aliphatic rings. The van der Waals surface area contributed by atoms with Crippen LogP contribution in [0, 0.1) is 0 Å². The molecule has 1 aromatic rings. The molecule has 1 heterocycles. The van der Waals surface area contributed by atoms with Crippen molar-refractivity contribution in [3.05, 3.63) is 10.0 Å². The molecule has 11 heavy (non-hydrogen) atoms. The number of aromatic nitrogens is 2. The van der Waals surface area contributed by atoms with Crippen molar-refractivity contribution >= 4 is 11.3 Å². The third-order valence-corrected chi connectivity index (χ3v) is 2.37. The highest BCUT2D eigenvalue weighted by molar-refractivity contribution is 7.11. The van der Waals surface area contributed by atoms with Gasteiger partial charge in [0.2, 0.25) is 0 Å². The van der Waals surface area contributed by atoms with Gasteiger partial charge >= 0.3 is 0 Å². The molecule has 0 saturated carbocycles. The van der Waals surface area contributed by atoms with Crippen molar-refractivity contribution in [1.82, 2.24) is 10.2 Å². The molecule has 5 heteroatoms. The zero-order valence-corrected chi connectivity index (χ0v) is 7.03. The lowest BCUT2D eigenvalue weighted by Crippen LogP contribution is -1.84. The molecule has 2 nitrogen and oxygen atoms in total. The van der Waals surface area contributed by atoms with Gasteiger partial charge in [-0.1, -0.05) is 25.2 Å². The van der Waals surface area contributed by atoms with E-state index in [0.29, 0.717) is 5.01 Å². The minimum atomic E-state index is -2.49. The zero-order valence-electron chi connectivity index (χ0n) is 6.21. The van der Waals surface area contributed by atoms with Crippen molar-refractivity contribution in [3.8, 4) is 0 Å². The molecule has 0 aliphatic heterocycles. The van der Waals surface area contributed by atoms with Crippen LogP contribution in [0.1, 0.15) is 36.2 Å². The first-order valence-electron chi connectivity index (χ1n) is 3.22. The smallest absolute Gasteiger partial charge is 0.202 e. The zero-order chi connectivity index (χ0) is 8.43. The molecule has 0 bridgehead atoms. The first-order valence-corrected chi connectivity index (χ1v) is 4.04. The number of halogens is 2. The molecular formula is C6H8F2N2S. The normalized spacial score (nSPS) is 11.5. The molecule has 0 aromatic carbocycles. The van der Waals surface area contributed by atoms with Crippen molar-refractivity contribution in [3.63, 3.8) is 0 Å². The van der Waals surface area contributed by atoms with Crippen LogP contribution >= 0.6 is 11.3 Å². The minimum Gasteiger partial charge on any atom is -0.202 e. The summed E-state index contributed by atoms with van der Waals surface area (Å²) in [5, 5.41) is 7.46. The first-order chi connectivity index (χ1) is 5.11. The van der Waals surface area contributed by atoms with Gasteiger partial charge in [0.25, 0.3) is 6.43 Å². The average molecular weight is 178 g/mol. The van der Waals surface area contributed by atoms with Gasteiger partial charge in [0, 0.05) is 5.92 Å². The van der Waals surface area contributed by atoms with E-state index in [1.807, 2.05) is 13.8 Å². The fraction of sp³-hybridized carbons (Fsp3) is 0.667. The number of hydrogen-bond donors (Lipinski definition) is 0. The third kappa shape index (κ3) is 1.92. The summed E-state index contributed by atoms with van der Waals surface area (Å²) in [6, 6.07) is 0.